The third kappa shape index (κ3) is 8.59. The summed E-state index contributed by atoms with van der Waals surface area (Å²) in [6.45, 7) is 0. The monoisotopic (exact) mass is 692 g/mol. The van der Waals surface area contributed by atoms with E-state index in [0.717, 1.165) is 25.7 Å². The molecule has 4 heteroatoms. The second-order valence-electron chi connectivity index (χ2n) is 15.3. The van der Waals surface area contributed by atoms with Crippen molar-refractivity contribution in [1.29, 1.82) is 0 Å². The number of fused-ring (bicyclic) bond motifs is 2. The van der Waals surface area contributed by atoms with E-state index in [9.17, 15) is 10.4 Å². The first kappa shape index (κ1) is 36.3. The number of hydrogen-bond acceptors (Lipinski definition) is 4. The zero-order valence-corrected chi connectivity index (χ0v) is 30.5. The highest BCUT2D eigenvalue weighted by Gasteiger charge is 2.45. The quantitative estimate of drug-likeness (QED) is 0.197. The van der Waals surface area contributed by atoms with Gasteiger partial charge in [0.25, 0.3) is 0 Å². The lowest BCUT2D eigenvalue weighted by Gasteiger charge is -2.49. The zero-order valence-electron chi connectivity index (χ0n) is 30.5. The molecular formula is C48H56N2O2. The van der Waals surface area contributed by atoms with Crippen LogP contribution in [-0.2, 0) is 0 Å². The van der Waals surface area contributed by atoms with Gasteiger partial charge in [0.05, 0.1) is 12.1 Å². The summed E-state index contributed by atoms with van der Waals surface area (Å²) in [6, 6.07) is 55.7. The number of hydroxylamine groups is 4. The Morgan fingerprint density at radius 1 is 0.346 bits per heavy atom. The van der Waals surface area contributed by atoms with Crippen LogP contribution in [0.5, 0.6) is 0 Å². The van der Waals surface area contributed by atoms with E-state index in [1.54, 1.807) is 10.1 Å². The summed E-state index contributed by atoms with van der Waals surface area (Å²) >= 11 is 0. The first-order valence-corrected chi connectivity index (χ1v) is 19.8. The number of rotatable bonds is 4. The molecule has 0 aromatic heterocycles. The standard InChI is InChI=1S/2C21H25NO.C6H6/c2*23-22-20-14-8-7-13-18(20)19(16-9-3-1-4-10-16)15-21(22)17-11-5-2-6-12-17;1-2-4-6-5-3-1/h2*1-6,9-12,18-21,23H,7-8,13-15H2;1-6H/t2*18-,19-,20-,21+;/m10./s1. The maximum Gasteiger partial charge on any atom is 0.0608 e. The van der Waals surface area contributed by atoms with Gasteiger partial charge in [-0.05, 0) is 84.5 Å². The molecule has 4 nitrogen and oxygen atoms in total. The number of hydrogen-bond donors (Lipinski definition) is 2. The van der Waals surface area contributed by atoms with Crippen molar-refractivity contribution in [2.24, 2.45) is 11.8 Å². The molecular weight excluding hydrogens is 637 g/mol. The van der Waals surface area contributed by atoms with Crippen LogP contribution < -0.4 is 0 Å². The molecule has 0 spiro atoms. The minimum atomic E-state index is 0.112. The Morgan fingerprint density at radius 2 is 0.615 bits per heavy atom. The van der Waals surface area contributed by atoms with Gasteiger partial charge >= 0.3 is 0 Å². The Balaban J connectivity index is 0.000000139. The molecule has 5 aromatic rings. The van der Waals surface area contributed by atoms with Crippen LogP contribution in [0.3, 0.4) is 0 Å². The molecule has 2 heterocycles. The van der Waals surface area contributed by atoms with Crippen molar-refractivity contribution in [3.63, 3.8) is 0 Å². The molecule has 8 atom stereocenters. The maximum atomic E-state index is 10.9. The van der Waals surface area contributed by atoms with Crippen LogP contribution in [-0.4, -0.2) is 32.6 Å². The van der Waals surface area contributed by atoms with Crippen LogP contribution >= 0.6 is 0 Å². The van der Waals surface area contributed by atoms with E-state index < -0.39 is 0 Å². The minimum Gasteiger partial charge on any atom is -0.313 e. The fourth-order valence-electron chi connectivity index (χ4n) is 9.86. The topological polar surface area (TPSA) is 46.9 Å². The first-order valence-electron chi connectivity index (χ1n) is 19.8. The van der Waals surface area contributed by atoms with Gasteiger partial charge in [0.2, 0.25) is 0 Å². The second kappa shape index (κ2) is 18.1. The van der Waals surface area contributed by atoms with Gasteiger partial charge in [-0.2, -0.15) is 10.1 Å². The Bertz CT molecular complexity index is 1580. The lowest BCUT2D eigenvalue weighted by molar-refractivity contribution is -0.207. The van der Waals surface area contributed by atoms with E-state index in [1.807, 2.05) is 48.5 Å². The average Bonchev–Trinajstić information content (AvgIpc) is 3.24. The van der Waals surface area contributed by atoms with E-state index in [0.29, 0.717) is 35.8 Å². The highest BCUT2D eigenvalue weighted by molar-refractivity contribution is 5.28. The van der Waals surface area contributed by atoms with Crippen molar-refractivity contribution in [3.05, 3.63) is 180 Å². The van der Waals surface area contributed by atoms with Gasteiger partial charge in [0.15, 0.2) is 0 Å². The summed E-state index contributed by atoms with van der Waals surface area (Å²) in [5, 5.41) is 25.2. The summed E-state index contributed by atoms with van der Waals surface area (Å²) in [7, 11) is 0. The van der Waals surface area contributed by atoms with Gasteiger partial charge in [0, 0.05) is 12.1 Å². The van der Waals surface area contributed by atoms with Crippen LogP contribution in [0.4, 0.5) is 0 Å². The highest BCUT2D eigenvalue weighted by atomic mass is 16.5. The summed E-state index contributed by atoms with van der Waals surface area (Å²) in [6.07, 6.45) is 11.8. The van der Waals surface area contributed by atoms with Crippen molar-refractivity contribution in [3.8, 4) is 0 Å². The highest BCUT2D eigenvalue weighted by Crippen LogP contribution is 2.51. The molecule has 0 unspecified atom stereocenters. The van der Waals surface area contributed by atoms with Crippen molar-refractivity contribution in [1.82, 2.24) is 10.1 Å². The van der Waals surface area contributed by atoms with E-state index in [-0.39, 0.29) is 12.1 Å². The Kier molecular flexibility index (Phi) is 12.7. The van der Waals surface area contributed by atoms with Gasteiger partial charge in [0.1, 0.15) is 0 Å². The number of nitrogens with zero attached hydrogens (tertiary/aromatic N) is 2. The van der Waals surface area contributed by atoms with Gasteiger partial charge in [-0.15, -0.1) is 0 Å². The molecule has 5 aromatic carbocycles. The number of piperidine rings is 2. The smallest absolute Gasteiger partial charge is 0.0608 e. The SMILES string of the molecule is ON1[C@@H](c2ccccc2)C[C@@H](c2ccccc2)[C@@H]2CCCC[C@@H]21.ON1[C@@H]2CCCC[C@@H]2[C@@H](c2ccccc2)C[C@H]1c1ccccc1.c1ccccc1. The van der Waals surface area contributed by atoms with Gasteiger partial charge in [-0.1, -0.05) is 183 Å². The molecule has 2 saturated carbocycles. The van der Waals surface area contributed by atoms with Gasteiger partial charge in [-0.25, -0.2) is 0 Å². The molecule has 2 N–H and O–H groups in total. The van der Waals surface area contributed by atoms with Crippen LogP contribution in [0.15, 0.2) is 158 Å². The van der Waals surface area contributed by atoms with E-state index in [4.69, 9.17) is 0 Å². The third-order valence-electron chi connectivity index (χ3n) is 12.4. The predicted molar refractivity (Wildman–Crippen MR) is 211 cm³/mol. The molecule has 0 bridgehead atoms. The third-order valence-corrected chi connectivity index (χ3v) is 12.4. The average molecular weight is 693 g/mol. The summed E-state index contributed by atoms with van der Waals surface area (Å²) in [4.78, 5) is 0. The van der Waals surface area contributed by atoms with E-state index in [2.05, 4.69) is 109 Å². The van der Waals surface area contributed by atoms with Crippen LogP contribution in [0, 0.1) is 11.8 Å². The molecule has 270 valence electrons. The largest absolute Gasteiger partial charge is 0.313 e. The van der Waals surface area contributed by atoms with Crippen molar-refractivity contribution < 1.29 is 10.4 Å². The summed E-state index contributed by atoms with van der Waals surface area (Å²) < 4.78 is 0. The summed E-state index contributed by atoms with van der Waals surface area (Å²) in [5.41, 5.74) is 5.36. The lowest BCUT2D eigenvalue weighted by Crippen LogP contribution is -2.49. The van der Waals surface area contributed by atoms with Crippen molar-refractivity contribution in [2.45, 2.75) is 100 Å². The van der Waals surface area contributed by atoms with E-state index >= 15 is 0 Å². The van der Waals surface area contributed by atoms with Gasteiger partial charge < -0.3 is 10.4 Å². The first-order chi connectivity index (χ1) is 25.7. The normalized spacial score (nSPS) is 28.8. The van der Waals surface area contributed by atoms with Crippen LogP contribution in [0.1, 0.15) is 110 Å². The Labute approximate surface area is 311 Å². The predicted octanol–water partition coefficient (Wildman–Crippen LogP) is 12.0. The fourth-order valence-corrected chi connectivity index (χ4v) is 9.86. The molecule has 2 aliphatic carbocycles. The second-order valence-corrected chi connectivity index (χ2v) is 15.3. The molecule has 9 rings (SSSR count). The zero-order chi connectivity index (χ0) is 35.5. The Hall–Kier alpha value is -4.06. The van der Waals surface area contributed by atoms with Gasteiger partial charge in [-0.3, -0.25) is 0 Å². The van der Waals surface area contributed by atoms with Crippen molar-refractivity contribution in [2.75, 3.05) is 0 Å². The Morgan fingerprint density at radius 3 is 0.942 bits per heavy atom. The fraction of sp³-hybridized carbons (Fsp3) is 0.375. The van der Waals surface area contributed by atoms with Crippen LogP contribution in [0.2, 0.25) is 0 Å². The van der Waals surface area contributed by atoms with Crippen LogP contribution in [0.25, 0.3) is 0 Å². The van der Waals surface area contributed by atoms with Crippen molar-refractivity contribution >= 4 is 0 Å². The molecule has 4 aliphatic rings. The summed E-state index contributed by atoms with van der Waals surface area (Å²) in [5.74, 6) is 2.26. The molecule has 0 amide bonds. The molecule has 52 heavy (non-hydrogen) atoms. The molecule has 0 radical (unpaired) electrons. The molecule has 4 fully saturated rings. The molecule has 2 saturated heterocycles. The van der Waals surface area contributed by atoms with E-state index in [1.165, 1.54) is 60.8 Å². The number of benzene rings is 5. The maximum absolute atomic E-state index is 10.9. The lowest BCUT2D eigenvalue weighted by atomic mass is 9.67. The minimum absolute atomic E-state index is 0.112. The molecule has 2 aliphatic heterocycles.